The zero-order valence-electron chi connectivity index (χ0n) is 17.6. The average molecular weight is 414 g/mol. The summed E-state index contributed by atoms with van der Waals surface area (Å²) in [6, 6.07) is 16.0. The quantitative estimate of drug-likeness (QED) is 0.503. The third-order valence-corrected chi connectivity index (χ3v) is 5.09. The molecule has 0 saturated carbocycles. The first-order valence-electron chi connectivity index (χ1n) is 10.0. The molecule has 6 heteroatoms. The molecule has 4 amide bonds. The predicted molar refractivity (Wildman–Crippen MR) is 120 cm³/mol. The van der Waals surface area contributed by atoms with Crippen molar-refractivity contribution in [2.24, 2.45) is 0 Å². The van der Waals surface area contributed by atoms with E-state index < -0.39 is 17.8 Å². The van der Waals surface area contributed by atoms with Crippen LogP contribution in [0.3, 0.4) is 0 Å². The van der Waals surface area contributed by atoms with E-state index in [2.05, 4.69) is 5.32 Å². The molecular formula is C25H22N2O4. The maximum atomic E-state index is 13.3. The van der Waals surface area contributed by atoms with Gasteiger partial charge in [-0.3, -0.25) is 14.9 Å². The van der Waals surface area contributed by atoms with E-state index in [1.165, 1.54) is 6.08 Å². The molecule has 0 aliphatic carbocycles. The number of hydrogen-bond donors (Lipinski definition) is 1. The second-order valence-corrected chi connectivity index (χ2v) is 7.44. The minimum Gasteiger partial charge on any atom is -0.493 e. The van der Waals surface area contributed by atoms with Crippen LogP contribution in [0.1, 0.15) is 23.6 Å². The number of nitrogens with zero attached hydrogens (tertiary/aromatic N) is 1. The molecule has 0 spiro atoms. The van der Waals surface area contributed by atoms with Crippen LogP contribution in [0.4, 0.5) is 10.5 Å². The maximum absolute atomic E-state index is 13.3. The van der Waals surface area contributed by atoms with Gasteiger partial charge in [0.2, 0.25) is 0 Å². The monoisotopic (exact) mass is 414 g/mol. The molecule has 6 nitrogen and oxygen atoms in total. The van der Waals surface area contributed by atoms with Gasteiger partial charge >= 0.3 is 6.03 Å². The largest absolute Gasteiger partial charge is 0.493 e. The number of ether oxygens (including phenoxy) is 1. The molecule has 4 rings (SSSR count). The van der Waals surface area contributed by atoms with Crippen LogP contribution in [0.15, 0.2) is 60.2 Å². The standard InChI is InChI=1S/C25H22N2O4/c1-4-31-22-10-9-17-7-5-6-8-19(17)20(22)14-21-23(28)26-25(30)27(24(21)29)18-12-15(2)11-16(3)13-18/h5-14H,4H2,1-3H3,(H,26,28,30)/b21-14+. The van der Waals surface area contributed by atoms with E-state index in [0.717, 1.165) is 26.8 Å². The Bertz CT molecular complexity index is 1240. The van der Waals surface area contributed by atoms with Crippen LogP contribution in [0.5, 0.6) is 5.75 Å². The molecule has 1 N–H and O–H groups in total. The smallest absolute Gasteiger partial charge is 0.335 e. The number of barbiturate groups is 1. The summed E-state index contributed by atoms with van der Waals surface area (Å²) < 4.78 is 5.75. The van der Waals surface area contributed by atoms with E-state index in [9.17, 15) is 14.4 Å². The summed E-state index contributed by atoms with van der Waals surface area (Å²) in [6.45, 7) is 6.07. The molecule has 0 aromatic heterocycles. The van der Waals surface area contributed by atoms with Crippen LogP contribution >= 0.6 is 0 Å². The van der Waals surface area contributed by atoms with Crippen molar-refractivity contribution in [3.63, 3.8) is 0 Å². The van der Waals surface area contributed by atoms with Crippen LogP contribution in [0.2, 0.25) is 0 Å². The molecule has 31 heavy (non-hydrogen) atoms. The topological polar surface area (TPSA) is 75.7 Å². The Hall–Kier alpha value is -3.93. The van der Waals surface area contributed by atoms with E-state index in [-0.39, 0.29) is 5.57 Å². The first-order chi connectivity index (χ1) is 14.9. The molecular weight excluding hydrogens is 392 g/mol. The van der Waals surface area contributed by atoms with Gasteiger partial charge in [-0.05, 0) is 66.9 Å². The van der Waals surface area contributed by atoms with Gasteiger partial charge in [-0.25, -0.2) is 9.69 Å². The molecule has 1 aliphatic heterocycles. The number of fused-ring (bicyclic) bond motifs is 1. The summed E-state index contributed by atoms with van der Waals surface area (Å²) in [5.41, 5.74) is 2.72. The molecule has 1 saturated heterocycles. The zero-order chi connectivity index (χ0) is 22.1. The molecule has 0 bridgehead atoms. The van der Waals surface area contributed by atoms with Crippen LogP contribution in [-0.4, -0.2) is 24.5 Å². The van der Waals surface area contributed by atoms with Crippen molar-refractivity contribution in [3.8, 4) is 5.75 Å². The van der Waals surface area contributed by atoms with E-state index in [0.29, 0.717) is 23.6 Å². The highest BCUT2D eigenvalue weighted by Gasteiger charge is 2.37. The number of anilines is 1. The number of amides is 4. The Balaban J connectivity index is 1.87. The van der Waals surface area contributed by atoms with Crippen molar-refractivity contribution in [2.45, 2.75) is 20.8 Å². The Labute approximate surface area is 180 Å². The number of aryl methyl sites for hydroxylation is 2. The number of carbonyl (C=O) groups is 3. The number of imide groups is 2. The summed E-state index contributed by atoms with van der Waals surface area (Å²) >= 11 is 0. The van der Waals surface area contributed by atoms with Gasteiger partial charge in [0.05, 0.1) is 12.3 Å². The average Bonchev–Trinajstić information content (AvgIpc) is 2.71. The van der Waals surface area contributed by atoms with Gasteiger partial charge in [0.25, 0.3) is 11.8 Å². The normalized spacial score (nSPS) is 15.5. The summed E-state index contributed by atoms with van der Waals surface area (Å²) in [4.78, 5) is 39.5. The Morgan fingerprint density at radius 3 is 2.39 bits per heavy atom. The van der Waals surface area contributed by atoms with Crippen LogP contribution in [0, 0.1) is 13.8 Å². The molecule has 156 valence electrons. The van der Waals surface area contributed by atoms with Crippen LogP contribution in [-0.2, 0) is 9.59 Å². The SMILES string of the molecule is CCOc1ccc2ccccc2c1/C=C1\C(=O)NC(=O)N(c2cc(C)cc(C)c2)C1=O. The van der Waals surface area contributed by atoms with Gasteiger partial charge in [-0.2, -0.15) is 0 Å². The fraction of sp³-hybridized carbons (Fsp3) is 0.160. The first-order valence-corrected chi connectivity index (χ1v) is 10.0. The third kappa shape index (κ3) is 3.80. The maximum Gasteiger partial charge on any atom is 0.335 e. The van der Waals surface area contributed by atoms with Gasteiger partial charge in [0, 0.05) is 5.56 Å². The number of benzene rings is 3. The van der Waals surface area contributed by atoms with Crippen molar-refractivity contribution >= 4 is 40.4 Å². The van der Waals surface area contributed by atoms with E-state index in [4.69, 9.17) is 4.74 Å². The second kappa shape index (κ2) is 8.07. The Morgan fingerprint density at radius 2 is 1.68 bits per heavy atom. The summed E-state index contributed by atoms with van der Waals surface area (Å²) in [6.07, 6.45) is 1.51. The Kier molecular flexibility index (Phi) is 5.29. The summed E-state index contributed by atoms with van der Waals surface area (Å²) in [7, 11) is 0. The number of nitrogens with one attached hydrogen (secondary N) is 1. The minimum atomic E-state index is -0.764. The van der Waals surface area contributed by atoms with Gasteiger partial charge in [-0.1, -0.05) is 36.4 Å². The number of hydrogen-bond acceptors (Lipinski definition) is 4. The van der Waals surface area contributed by atoms with Crippen molar-refractivity contribution < 1.29 is 19.1 Å². The third-order valence-electron chi connectivity index (χ3n) is 5.09. The fourth-order valence-corrected chi connectivity index (χ4v) is 3.82. The molecule has 0 unspecified atom stereocenters. The lowest BCUT2D eigenvalue weighted by atomic mass is 9.99. The highest BCUT2D eigenvalue weighted by Crippen LogP contribution is 2.32. The van der Waals surface area contributed by atoms with Crippen molar-refractivity contribution in [2.75, 3.05) is 11.5 Å². The Morgan fingerprint density at radius 1 is 0.968 bits per heavy atom. The molecule has 1 heterocycles. The summed E-state index contributed by atoms with van der Waals surface area (Å²) in [5, 5.41) is 4.08. The van der Waals surface area contributed by atoms with Crippen molar-refractivity contribution in [3.05, 3.63) is 76.9 Å². The summed E-state index contributed by atoms with van der Waals surface area (Å²) in [5.74, 6) is -0.843. The fourth-order valence-electron chi connectivity index (χ4n) is 3.82. The first kappa shape index (κ1) is 20.3. The highest BCUT2D eigenvalue weighted by atomic mass is 16.5. The van der Waals surface area contributed by atoms with Crippen molar-refractivity contribution in [1.29, 1.82) is 0 Å². The van der Waals surface area contributed by atoms with Crippen LogP contribution in [0.25, 0.3) is 16.8 Å². The molecule has 0 atom stereocenters. The van der Waals surface area contributed by atoms with E-state index >= 15 is 0 Å². The second-order valence-electron chi connectivity index (χ2n) is 7.44. The molecule has 0 radical (unpaired) electrons. The molecule has 1 aliphatic rings. The molecule has 3 aromatic carbocycles. The predicted octanol–water partition coefficient (Wildman–Crippen LogP) is 4.52. The van der Waals surface area contributed by atoms with Gasteiger partial charge in [0.1, 0.15) is 11.3 Å². The highest BCUT2D eigenvalue weighted by molar-refractivity contribution is 6.39. The molecule has 1 fully saturated rings. The zero-order valence-corrected chi connectivity index (χ0v) is 17.6. The number of urea groups is 1. The lowest BCUT2D eigenvalue weighted by molar-refractivity contribution is -0.122. The van der Waals surface area contributed by atoms with E-state index in [1.54, 1.807) is 12.1 Å². The molecule has 3 aromatic rings. The number of carbonyl (C=O) groups excluding carboxylic acids is 3. The minimum absolute atomic E-state index is 0.129. The van der Waals surface area contributed by atoms with Crippen molar-refractivity contribution in [1.82, 2.24) is 5.32 Å². The lowest BCUT2D eigenvalue weighted by Gasteiger charge is -2.27. The van der Waals surface area contributed by atoms with Gasteiger partial charge < -0.3 is 4.74 Å². The van der Waals surface area contributed by atoms with Crippen LogP contribution < -0.4 is 15.0 Å². The van der Waals surface area contributed by atoms with Gasteiger partial charge in [-0.15, -0.1) is 0 Å². The van der Waals surface area contributed by atoms with E-state index in [1.807, 2.05) is 63.2 Å². The number of rotatable bonds is 4. The van der Waals surface area contributed by atoms with Gasteiger partial charge in [0.15, 0.2) is 0 Å². The lowest BCUT2D eigenvalue weighted by Crippen LogP contribution is -2.54.